The summed E-state index contributed by atoms with van der Waals surface area (Å²) in [4.78, 5) is 25.2. The van der Waals surface area contributed by atoms with E-state index in [1.807, 2.05) is 24.3 Å². The highest BCUT2D eigenvalue weighted by molar-refractivity contribution is 7.42. The quantitative estimate of drug-likeness (QED) is 0.797. The van der Waals surface area contributed by atoms with Crippen LogP contribution in [0.5, 0.6) is 5.75 Å². The zero-order valence-electron chi connectivity index (χ0n) is 14.7. The zero-order chi connectivity index (χ0) is 19.2. The Morgan fingerprint density at radius 1 is 1.26 bits per heavy atom. The molecule has 0 saturated carbocycles. The van der Waals surface area contributed by atoms with Crippen molar-refractivity contribution in [1.29, 1.82) is 0 Å². The lowest BCUT2D eigenvalue weighted by atomic mass is 10.2. The molecule has 1 fully saturated rings. The molecule has 0 aliphatic carbocycles. The normalized spacial score (nSPS) is 23.7. The van der Waals surface area contributed by atoms with Gasteiger partial charge in [0, 0.05) is 17.8 Å². The molecule has 146 valence electrons. The summed E-state index contributed by atoms with van der Waals surface area (Å²) in [6.45, 7) is 0.783. The summed E-state index contributed by atoms with van der Waals surface area (Å²) in [6.07, 6.45) is 2.30. The first-order valence-corrected chi connectivity index (χ1v) is 9.45. The summed E-state index contributed by atoms with van der Waals surface area (Å²) >= 11 is 0. The van der Waals surface area contributed by atoms with E-state index in [1.54, 1.807) is 0 Å². The minimum absolute atomic E-state index is 0.157. The van der Waals surface area contributed by atoms with Gasteiger partial charge in [-0.1, -0.05) is 18.2 Å². The third-order valence-corrected chi connectivity index (χ3v) is 5.13. The fourth-order valence-corrected chi connectivity index (χ4v) is 3.87. The molecule has 2 aliphatic rings. The van der Waals surface area contributed by atoms with Gasteiger partial charge >= 0.3 is 14.3 Å². The molecule has 0 radical (unpaired) electrons. The Kier molecular flexibility index (Phi) is 6.73. The van der Waals surface area contributed by atoms with Gasteiger partial charge in [0.05, 0.1) is 26.5 Å². The lowest BCUT2D eigenvalue weighted by Gasteiger charge is -2.24. The SMILES string of the molecule is CF.O=c1ccn(C2CCC(COP3OCc4ccccc4O3)O2)c(=O)[nH]1. The van der Waals surface area contributed by atoms with E-state index in [9.17, 15) is 14.0 Å². The van der Waals surface area contributed by atoms with Gasteiger partial charge in [-0.2, -0.15) is 0 Å². The van der Waals surface area contributed by atoms with Crippen LogP contribution in [0.3, 0.4) is 0 Å². The standard InChI is InChI=1S/C16H17N2O6P.CH3F/c19-14-7-8-18(16(20)17-14)15-6-5-12(23-15)10-22-25-21-9-11-3-1-2-4-13(11)24-25;1-2/h1-4,7-8,12,15H,5-6,9-10H2,(H,17,19,20);1H3. The number of fused-ring (bicyclic) bond motifs is 1. The van der Waals surface area contributed by atoms with Crippen LogP contribution in [0.4, 0.5) is 4.39 Å². The number of para-hydroxylation sites is 1. The van der Waals surface area contributed by atoms with Crippen molar-refractivity contribution in [2.24, 2.45) is 0 Å². The van der Waals surface area contributed by atoms with Crippen molar-refractivity contribution < 1.29 is 22.7 Å². The van der Waals surface area contributed by atoms with E-state index in [2.05, 4.69) is 4.98 Å². The third-order valence-electron chi connectivity index (χ3n) is 4.08. The number of H-pyrrole nitrogens is 1. The predicted octanol–water partition coefficient (Wildman–Crippen LogP) is 2.65. The number of benzene rings is 1. The van der Waals surface area contributed by atoms with Crippen LogP contribution in [0.2, 0.25) is 0 Å². The summed E-state index contributed by atoms with van der Waals surface area (Å²) in [5.74, 6) is 0.782. The molecule has 3 heterocycles. The minimum Gasteiger partial charge on any atom is -0.426 e. The van der Waals surface area contributed by atoms with E-state index in [-0.39, 0.29) is 6.10 Å². The maximum absolute atomic E-state index is 11.8. The molecule has 8 nitrogen and oxygen atoms in total. The van der Waals surface area contributed by atoms with Crippen molar-refractivity contribution in [3.63, 3.8) is 0 Å². The summed E-state index contributed by atoms with van der Waals surface area (Å²) < 4.78 is 33.7. The minimum atomic E-state index is -1.45. The first kappa shape index (κ1) is 19.7. The van der Waals surface area contributed by atoms with Crippen LogP contribution >= 0.6 is 8.60 Å². The van der Waals surface area contributed by atoms with E-state index < -0.39 is 26.1 Å². The second-order valence-corrected chi connectivity index (χ2v) is 6.95. The number of hydrogen-bond acceptors (Lipinski definition) is 6. The Bertz CT molecular complexity index is 873. The van der Waals surface area contributed by atoms with Crippen LogP contribution in [0.25, 0.3) is 0 Å². The van der Waals surface area contributed by atoms with E-state index in [1.165, 1.54) is 16.8 Å². The van der Waals surface area contributed by atoms with Gasteiger partial charge in [-0.05, 0) is 18.9 Å². The average molecular weight is 398 g/mol. The fourth-order valence-electron chi connectivity index (χ4n) is 2.82. The Morgan fingerprint density at radius 2 is 2.07 bits per heavy atom. The number of nitrogens with one attached hydrogen (secondary N) is 1. The van der Waals surface area contributed by atoms with Crippen molar-refractivity contribution in [1.82, 2.24) is 9.55 Å². The van der Waals surface area contributed by atoms with Crippen LogP contribution in [-0.4, -0.2) is 29.4 Å². The van der Waals surface area contributed by atoms with Crippen LogP contribution in [-0.2, 0) is 20.4 Å². The van der Waals surface area contributed by atoms with Gasteiger partial charge in [0.15, 0.2) is 0 Å². The molecular formula is C17H20FN2O6P. The van der Waals surface area contributed by atoms with E-state index in [4.69, 9.17) is 18.3 Å². The summed E-state index contributed by atoms with van der Waals surface area (Å²) in [5.41, 5.74) is 0.104. The molecular weight excluding hydrogens is 378 g/mol. The Hall–Kier alpha value is -2.06. The van der Waals surface area contributed by atoms with E-state index in [0.29, 0.717) is 26.8 Å². The topological polar surface area (TPSA) is 91.8 Å². The number of aromatic nitrogens is 2. The molecule has 3 atom stereocenters. The van der Waals surface area contributed by atoms with Gasteiger partial charge in [-0.3, -0.25) is 27.8 Å². The van der Waals surface area contributed by atoms with Gasteiger partial charge in [-0.15, -0.1) is 0 Å². The Labute approximate surface area is 155 Å². The van der Waals surface area contributed by atoms with Crippen molar-refractivity contribution in [3.8, 4) is 5.75 Å². The molecule has 1 aromatic heterocycles. The van der Waals surface area contributed by atoms with Gasteiger partial charge in [-0.25, -0.2) is 4.79 Å². The molecule has 10 heteroatoms. The maximum Gasteiger partial charge on any atom is 0.397 e. The smallest absolute Gasteiger partial charge is 0.397 e. The number of halogens is 1. The molecule has 0 spiro atoms. The van der Waals surface area contributed by atoms with E-state index >= 15 is 0 Å². The average Bonchev–Trinajstić information content (AvgIpc) is 3.16. The molecule has 1 saturated heterocycles. The molecule has 2 aliphatic heterocycles. The number of alkyl halides is 1. The fraction of sp³-hybridized carbons (Fsp3) is 0.412. The van der Waals surface area contributed by atoms with Crippen molar-refractivity contribution in [2.75, 3.05) is 13.8 Å². The number of ether oxygens (including phenoxy) is 1. The molecule has 1 aromatic carbocycles. The van der Waals surface area contributed by atoms with Crippen LogP contribution < -0.4 is 15.8 Å². The van der Waals surface area contributed by atoms with Gasteiger partial charge in [0.2, 0.25) is 0 Å². The van der Waals surface area contributed by atoms with Crippen LogP contribution in [0.1, 0.15) is 24.6 Å². The van der Waals surface area contributed by atoms with Crippen molar-refractivity contribution >= 4 is 8.60 Å². The molecule has 3 unspecified atom stereocenters. The highest BCUT2D eigenvalue weighted by Crippen LogP contribution is 2.47. The Morgan fingerprint density at radius 3 is 2.89 bits per heavy atom. The van der Waals surface area contributed by atoms with Gasteiger partial charge in [0.25, 0.3) is 5.56 Å². The van der Waals surface area contributed by atoms with Gasteiger partial charge < -0.3 is 9.26 Å². The first-order valence-electron chi connectivity index (χ1n) is 8.35. The van der Waals surface area contributed by atoms with Crippen LogP contribution in [0, 0.1) is 0 Å². The largest absolute Gasteiger partial charge is 0.426 e. The maximum atomic E-state index is 11.8. The third kappa shape index (κ3) is 4.81. The van der Waals surface area contributed by atoms with Crippen LogP contribution in [0.15, 0.2) is 46.1 Å². The van der Waals surface area contributed by atoms with Crippen molar-refractivity contribution in [3.05, 3.63) is 62.9 Å². The molecule has 4 rings (SSSR count). The van der Waals surface area contributed by atoms with Gasteiger partial charge in [0.1, 0.15) is 12.0 Å². The first-order chi connectivity index (χ1) is 13.2. The highest BCUT2D eigenvalue weighted by Gasteiger charge is 2.30. The number of aromatic amines is 1. The number of rotatable bonds is 4. The monoisotopic (exact) mass is 398 g/mol. The molecule has 2 aromatic rings. The molecule has 1 N–H and O–H groups in total. The molecule has 27 heavy (non-hydrogen) atoms. The lowest BCUT2D eigenvalue weighted by Crippen LogP contribution is -2.31. The highest BCUT2D eigenvalue weighted by atomic mass is 31.2. The number of hydrogen-bond donors (Lipinski definition) is 1. The summed E-state index contributed by atoms with van der Waals surface area (Å²) in [6, 6.07) is 8.99. The predicted molar refractivity (Wildman–Crippen MR) is 96.2 cm³/mol. The van der Waals surface area contributed by atoms with Crippen molar-refractivity contribution in [2.45, 2.75) is 31.8 Å². The second-order valence-electron chi connectivity index (χ2n) is 5.80. The van der Waals surface area contributed by atoms with E-state index in [0.717, 1.165) is 17.7 Å². The molecule has 0 bridgehead atoms. The lowest BCUT2D eigenvalue weighted by molar-refractivity contribution is -0.0229. The number of nitrogens with zero attached hydrogens (tertiary/aromatic N) is 1. The second kappa shape index (κ2) is 9.23. The zero-order valence-corrected chi connectivity index (χ0v) is 15.6. The Balaban J connectivity index is 0.00000102. The summed E-state index contributed by atoms with van der Waals surface area (Å²) in [7, 11) is -0.950. The molecule has 0 amide bonds. The summed E-state index contributed by atoms with van der Waals surface area (Å²) in [5, 5.41) is 0.